The number of aliphatic hydroxyl groups is 1. The zero-order chi connectivity index (χ0) is 13.9. The third kappa shape index (κ3) is 3.08. The molecule has 0 saturated heterocycles. The molecule has 1 aromatic heterocycles. The van der Waals surface area contributed by atoms with E-state index in [1.54, 1.807) is 12.4 Å². The van der Waals surface area contributed by atoms with Crippen LogP contribution in [0.1, 0.15) is 24.0 Å². The van der Waals surface area contributed by atoms with Crippen molar-refractivity contribution < 1.29 is 5.11 Å². The number of aromatic nitrogens is 2. The van der Waals surface area contributed by atoms with Gasteiger partial charge in [0.2, 0.25) is 5.95 Å². The molecule has 2 N–H and O–H groups in total. The summed E-state index contributed by atoms with van der Waals surface area (Å²) in [5.41, 5.74) is 3.58. The molecule has 1 heterocycles. The third-order valence-electron chi connectivity index (χ3n) is 3.58. The zero-order valence-electron chi connectivity index (χ0n) is 11.0. The summed E-state index contributed by atoms with van der Waals surface area (Å²) in [5.74, 6) is 0.531. The fourth-order valence-electron chi connectivity index (χ4n) is 2.47. The molecule has 104 valence electrons. The molecule has 20 heavy (non-hydrogen) atoms. The standard InChI is InChI=1S/C15H16ClN3O/c16-12-8-17-15(18-9-12)19-13-4-1-10-2-5-14(20)6-3-11(10)7-13/h1,4,7-9,14,20H,2-3,5-6H2,(H,17,18,19). The van der Waals surface area contributed by atoms with Gasteiger partial charge < -0.3 is 10.4 Å². The Balaban J connectivity index is 1.80. The van der Waals surface area contributed by atoms with Gasteiger partial charge in [-0.2, -0.15) is 0 Å². The fraction of sp³-hybridized carbons (Fsp3) is 0.333. The van der Waals surface area contributed by atoms with Gasteiger partial charge in [-0.05, 0) is 48.9 Å². The first-order valence-corrected chi connectivity index (χ1v) is 7.13. The van der Waals surface area contributed by atoms with Crippen molar-refractivity contribution in [3.05, 3.63) is 46.7 Å². The normalized spacial score (nSPS) is 18.2. The number of hydrogen-bond acceptors (Lipinski definition) is 4. The highest BCUT2D eigenvalue weighted by atomic mass is 35.5. The maximum Gasteiger partial charge on any atom is 0.227 e. The minimum absolute atomic E-state index is 0.182. The molecule has 0 spiro atoms. The van der Waals surface area contributed by atoms with Gasteiger partial charge >= 0.3 is 0 Å². The van der Waals surface area contributed by atoms with Crippen LogP contribution < -0.4 is 5.32 Å². The first-order chi connectivity index (χ1) is 9.70. The predicted octanol–water partition coefficient (Wildman–Crippen LogP) is 3.11. The third-order valence-corrected chi connectivity index (χ3v) is 3.77. The largest absolute Gasteiger partial charge is 0.393 e. The molecular formula is C15H16ClN3O. The van der Waals surface area contributed by atoms with Crippen molar-refractivity contribution >= 4 is 23.2 Å². The molecule has 0 saturated carbocycles. The van der Waals surface area contributed by atoms with Gasteiger partial charge in [0.05, 0.1) is 23.5 Å². The lowest BCUT2D eigenvalue weighted by Crippen LogP contribution is -2.05. The zero-order valence-corrected chi connectivity index (χ0v) is 11.8. The van der Waals surface area contributed by atoms with Gasteiger partial charge in [-0.25, -0.2) is 9.97 Å². The van der Waals surface area contributed by atoms with Crippen LogP contribution in [0.15, 0.2) is 30.6 Å². The summed E-state index contributed by atoms with van der Waals surface area (Å²) in [7, 11) is 0. The van der Waals surface area contributed by atoms with Gasteiger partial charge in [0.1, 0.15) is 0 Å². The molecule has 1 atom stereocenters. The van der Waals surface area contributed by atoms with Crippen molar-refractivity contribution in [3.63, 3.8) is 0 Å². The number of halogens is 1. The molecule has 2 aromatic rings. The van der Waals surface area contributed by atoms with Gasteiger partial charge in [0, 0.05) is 5.69 Å². The van der Waals surface area contributed by atoms with Gasteiger partial charge in [0.25, 0.3) is 0 Å². The number of nitrogens with zero attached hydrogens (tertiary/aromatic N) is 2. The van der Waals surface area contributed by atoms with Gasteiger partial charge in [-0.3, -0.25) is 0 Å². The van der Waals surface area contributed by atoms with Crippen LogP contribution in [0, 0.1) is 0 Å². The molecule has 5 heteroatoms. The van der Waals surface area contributed by atoms with Crippen molar-refractivity contribution in [1.82, 2.24) is 9.97 Å². The Morgan fingerprint density at radius 2 is 1.80 bits per heavy atom. The molecule has 0 amide bonds. The average Bonchev–Trinajstić information content (AvgIpc) is 2.64. The Morgan fingerprint density at radius 1 is 1.10 bits per heavy atom. The lowest BCUT2D eigenvalue weighted by molar-refractivity contribution is 0.158. The Hall–Kier alpha value is -1.65. The Bertz CT molecular complexity index is 601. The molecule has 1 unspecified atom stereocenters. The van der Waals surface area contributed by atoms with E-state index in [0.29, 0.717) is 11.0 Å². The molecule has 0 bridgehead atoms. The maximum absolute atomic E-state index is 9.74. The highest BCUT2D eigenvalue weighted by Gasteiger charge is 2.14. The van der Waals surface area contributed by atoms with Crippen LogP contribution >= 0.6 is 11.6 Å². The van der Waals surface area contributed by atoms with E-state index in [2.05, 4.69) is 27.4 Å². The molecule has 0 aliphatic heterocycles. The van der Waals surface area contributed by atoms with E-state index in [9.17, 15) is 5.11 Å². The summed E-state index contributed by atoms with van der Waals surface area (Å²) in [6.45, 7) is 0. The minimum Gasteiger partial charge on any atom is -0.393 e. The van der Waals surface area contributed by atoms with Crippen LogP contribution in [0.3, 0.4) is 0 Å². The number of benzene rings is 1. The number of hydrogen-bond donors (Lipinski definition) is 2. The van der Waals surface area contributed by atoms with Crippen molar-refractivity contribution in [1.29, 1.82) is 0 Å². The first-order valence-electron chi connectivity index (χ1n) is 6.75. The van der Waals surface area contributed by atoms with Crippen molar-refractivity contribution in [2.24, 2.45) is 0 Å². The highest BCUT2D eigenvalue weighted by Crippen LogP contribution is 2.25. The van der Waals surface area contributed by atoms with Crippen molar-refractivity contribution in [2.45, 2.75) is 31.8 Å². The summed E-state index contributed by atoms with van der Waals surface area (Å²) in [6.07, 6.45) is 6.47. The van der Waals surface area contributed by atoms with E-state index in [1.165, 1.54) is 11.1 Å². The number of fused-ring (bicyclic) bond motifs is 1. The number of anilines is 2. The van der Waals surface area contributed by atoms with E-state index in [-0.39, 0.29) is 6.10 Å². The Morgan fingerprint density at radius 3 is 2.55 bits per heavy atom. The number of aryl methyl sites for hydroxylation is 2. The van der Waals surface area contributed by atoms with Gasteiger partial charge in [-0.1, -0.05) is 17.7 Å². The first kappa shape index (κ1) is 13.3. The Labute approximate surface area is 122 Å². The quantitative estimate of drug-likeness (QED) is 0.834. The van der Waals surface area contributed by atoms with Crippen LogP contribution in [0.2, 0.25) is 5.02 Å². The Kier molecular flexibility index (Phi) is 3.85. The minimum atomic E-state index is -0.182. The summed E-state index contributed by atoms with van der Waals surface area (Å²) < 4.78 is 0. The maximum atomic E-state index is 9.74. The molecular weight excluding hydrogens is 274 g/mol. The molecule has 1 aliphatic carbocycles. The summed E-state index contributed by atoms with van der Waals surface area (Å²) in [4.78, 5) is 8.24. The van der Waals surface area contributed by atoms with Crippen LogP contribution in [-0.2, 0) is 12.8 Å². The molecule has 3 rings (SSSR count). The average molecular weight is 290 g/mol. The molecule has 1 aromatic carbocycles. The number of rotatable bonds is 2. The summed E-state index contributed by atoms with van der Waals surface area (Å²) >= 11 is 5.76. The van der Waals surface area contributed by atoms with Gasteiger partial charge in [0.15, 0.2) is 0 Å². The van der Waals surface area contributed by atoms with E-state index < -0.39 is 0 Å². The van der Waals surface area contributed by atoms with E-state index in [4.69, 9.17) is 11.6 Å². The summed E-state index contributed by atoms with van der Waals surface area (Å²) in [5, 5.41) is 13.4. The second kappa shape index (κ2) is 5.77. The van der Waals surface area contributed by atoms with E-state index in [0.717, 1.165) is 31.4 Å². The summed E-state index contributed by atoms with van der Waals surface area (Å²) in [6, 6.07) is 6.26. The highest BCUT2D eigenvalue weighted by molar-refractivity contribution is 6.30. The van der Waals surface area contributed by atoms with Crippen LogP contribution in [0.4, 0.5) is 11.6 Å². The van der Waals surface area contributed by atoms with E-state index >= 15 is 0 Å². The monoisotopic (exact) mass is 289 g/mol. The van der Waals surface area contributed by atoms with Crippen molar-refractivity contribution in [3.8, 4) is 0 Å². The van der Waals surface area contributed by atoms with Crippen molar-refractivity contribution in [2.75, 3.05) is 5.32 Å². The van der Waals surface area contributed by atoms with Crippen LogP contribution in [0.25, 0.3) is 0 Å². The second-order valence-corrected chi connectivity index (χ2v) is 5.50. The lowest BCUT2D eigenvalue weighted by Gasteiger charge is -2.09. The molecule has 4 nitrogen and oxygen atoms in total. The second-order valence-electron chi connectivity index (χ2n) is 5.06. The number of aliphatic hydroxyl groups excluding tert-OH is 1. The topological polar surface area (TPSA) is 58.0 Å². The SMILES string of the molecule is OC1CCc2ccc(Nc3ncc(Cl)cn3)cc2CC1. The fourth-order valence-corrected chi connectivity index (χ4v) is 2.57. The van der Waals surface area contributed by atoms with E-state index in [1.807, 2.05) is 6.07 Å². The lowest BCUT2D eigenvalue weighted by atomic mass is 10.0. The van der Waals surface area contributed by atoms with Crippen LogP contribution in [0.5, 0.6) is 0 Å². The predicted molar refractivity (Wildman–Crippen MR) is 79.4 cm³/mol. The molecule has 0 fully saturated rings. The van der Waals surface area contributed by atoms with Crippen LogP contribution in [-0.4, -0.2) is 21.2 Å². The molecule has 1 aliphatic rings. The molecule has 0 radical (unpaired) electrons. The smallest absolute Gasteiger partial charge is 0.227 e. The number of nitrogens with one attached hydrogen (secondary N) is 1. The van der Waals surface area contributed by atoms with Gasteiger partial charge in [-0.15, -0.1) is 0 Å².